The van der Waals surface area contributed by atoms with Gasteiger partial charge in [0.1, 0.15) is 0 Å². The monoisotopic (exact) mass is 353 g/mol. The number of carbonyl (C=O) groups is 1. The summed E-state index contributed by atoms with van der Waals surface area (Å²) in [5.41, 5.74) is 2.17. The first kappa shape index (κ1) is 17.9. The summed E-state index contributed by atoms with van der Waals surface area (Å²) in [6.45, 7) is 2.61. The predicted molar refractivity (Wildman–Crippen MR) is 100 cm³/mol. The molecule has 136 valence electrons. The van der Waals surface area contributed by atoms with Crippen molar-refractivity contribution in [2.45, 2.75) is 25.8 Å². The molecule has 0 saturated heterocycles. The van der Waals surface area contributed by atoms with Crippen LogP contribution in [0.25, 0.3) is 5.57 Å². The Morgan fingerprint density at radius 3 is 2.50 bits per heavy atom. The summed E-state index contributed by atoms with van der Waals surface area (Å²) in [7, 11) is 1.49. The topological polar surface area (TPSA) is 70.0 Å². The van der Waals surface area contributed by atoms with Gasteiger partial charge in [-0.25, -0.2) is 0 Å². The molecule has 0 radical (unpaired) electrons. The van der Waals surface area contributed by atoms with Gasteiger partial charge in [-0.1, -0.05) is 49.7 Å². The average molecular weight is 353 g/mol. The molecule has 1 aliphatic rings. The third-order valence-electron chi connectivity index (χ3n) is 4.66. The van der Waals surface area contributed by atoms with Crippen LogP contribution in [0.4, 0.5) is 0 Å². The van der Waals surface area contributed by atoms with Crippen molar-refractivity contribution in [2.24, 2.45) is 0 Å². The van der Waals surface area contributed by atoms with Crippen molar-refractivity contribution in [1.29, 1.82) is 0 Å². The van der Waals surface area contributed by atoms with Gasteiger partial charge in [-0.05, 0) is 29.7 Å². The van der Waals surface area contributed by atoms with E-state index >= 15 is 0 Å². The molecular weight excluding hydrogens is 330 g/mol. The van der Waals surface area contributed by atoms with Crippen molar-refractivity contribution in [2.75, 3.05) is 13.7 Å². The molecule has 0 aromatic heterocycles. The zero-order chi connectivity index (χ0) is 18.7. The maximum atomic E-state index is 12.7. The molecule has 0 spiro atoms. The van der Waals surface area contributed by atoms with Crippen molar-refractivity contribution in [3.63, 3.8) is 0 Å². The molecule has 0 aliphatic carbocycles. The van der Waals surface area contributed by atoms with Crippen LogP contribution in [0.5, 0.6) is 11.5 Å². The standard InChI is InChI=1S/C21H23NO4/c1-3-4-12-22-19(15-10-11-16(23)17(13-15)26-2)18(20(24)21(22)25)14-8-6-5-7-9-14/h5-11,13,19,23-24H,3-4,12H2,1-2H3. The zero-order valence-corrected chi connectivity index (χ0v) is 15.0. The summed E-state index contributed by atoms with van der Waals surface area (Å²) in [5, 5.41) is 20.5. The van der Waals surface area contributed by atoms with Gasteiger partial charge in [0, 0.05) is 12.1 Å². The van der Waals surface area contributed by atoms with Crippen LogP contribution in [0.3, 0.4) is 0 Å². The Balaban J connectivity index is 2.13. The highest BCUT2D eigenvalue weighted by Gasteiger charge is 2.40. The van der Waals surface area contributed by atoms with Crippen LogP contribution >= 0.6 is 0 Å². The quantitative estimate of drug-likeness (QED) is 0.822. The Hall–Kier alpha value is -2.95. The molecule has 0 fully saturated rings. The Morgan fingerprint density at radius 2 is 1.85 bits per heavy atom. The molecule has 1 amide bonds. The first-order valence-electron chi connectivity index (χ1n) is 8.74. The predicted octanol–water partition coefficient (Wildman–Crippen LogP) is 4.05. The van der Waals surface area contributed by atoms with Gasteiger partial charge < -0.3 is 19.8 Å². The van der Waals surface area contributed by atoms with Crippen molar-refractivity contribution in [1.82, 2.24) is 4.90 Å². The van der Waals surface area contributed by atoms with Gasteiger partial charge in [-0.15, -0.1) is 0 Å². The van der Waals surface area contributed by atoms with Gasteiger partial charge in [0.15, 0.2) is 17.3 Å². The average Bonchev–Trinajstić information content (AvgIpc) is 2.92. The molecule has 3 rings (SSSR count). The van der Waals surface area contributed by atoms with Crippen LogP contribution in [0, 0.1) is 0 Å². The van der Waals surface area contributed by atoms with E-state index in [4.69, 9.17) is 4.74 Å². The normalized spacial score (nSPS) is 17.1. The van der Waals surface area contributed by atoms with E-state index in [0.717, 1.165) is 24.0 Å². The molecule has 26 heavy (non-hydrogen) atoms. The molecule has 2 N–H and O–H groups in total. The van der Waals surface area contributed by atoms with Gasteiger partial charge >= 0.3 is 0 Å². The summed E-state index contributed by atoms with van der Waals surface area (Å²) in [5.74, 6) is -0.210. The van der Waals surface area contributed by atoms with E-state index in [9.17, 15) is 15.0 Å². The maximum Gasteiger partial charge on any atom is 0.289 e. The number of aliphatic hydroxyl groups excluding tert-OH is 1. The Kier molecular flexibility index (Phi) is 5.16. The summed E-state index contributed by atoms with van der Waals surface area (Å²) < 4.78 is 5.22. The van der Waals surface area contributed by atoms with Crippen LogP contribution < -0.4 is 4.74 Å². The fourth-order valence-corrected chi connectivity index (χ4v) is 3.34. The number of benzene rings is 2. The molecule has 0 bridgehead atoms. The van der Waals surface area contributed by atoms with Crippen LogP contribution in [0.2, 0.25) is 0 Å². The lowest BCUT2D eigenvalue weighted by atomic mass is 9.93. The highest BCUT2D eigenvalue weighted by atomic mass is 16.5. The molecule has 1 aliphatic heterocycles. The van der Waals surface area contributed by atoms with Crippen LogP contribution in [-0.4, -0.2) is 34.7 Å². The van der Waals surface area contributed by atoms with E-state index in [2.05, 4.69) is 6.92 Å². The first-order chi connectivity index (χ1) is 12.6. The van der Waals surface area contributed by atoms with E-state index in [1.54, 1.807) is 23.1 Å². The summed E-state index contributed by atoms with van der Waals surface area (Å²) in [4.78, 5) is 14.4. The minimum absolute atomic E-state index is 0.0372. The number of rotatable bonds is 6. The molecule has 2 aromatic rings. The number of ether oxygens (including phenoxy) is 1. The maximum absolute atomic E-state index is 12.7. The van der Waals surface area contributed by atoms with Crippen molar-refractivity contribution >= 4 is 11.5 Å². The number of carbonyl (C=O) groups excluding carboxylic acids is 1. The number of aromatic hydroxyl groups is 1. The minimum Gasteiger partial charge on any atom is -0.504 e. The molecule has 1 heterocycles. The molecule has 5 nitrogen and oxygen atoms in total. The number of phenols is 1. The number of methoxy groups -OCH3 is 1. The second kappa shape index (κ2) is 7.52. The first-order valence-corrected chi connectivity index (χ1v) is 8.74. The Labute approximate surface area is 153 Å². The van der Waals surface area contributed by atoms with Crippen LogP contribution in [0.1, 0.15) is 36.9 Å². The molecule has 5 heteroatoms. The number of phenolic OH excluding ortho intramolecular Hbond substituents is 1. The highest BCUT2D eigenvalue weighted by Crippen LogP contribution is 2.44. The summed E-state index contributed by atoms with van der Waals surface area (Å²) in [6, 6.07) is 14.0. The van der Waals surface area contributed by atoms with Crippen molar-refractivity contribution in [3.05, 3.63) is 65.4 Å². The van der Waals surface area contributed by atoms with E-state index in [0.29, 0.717) is 17.9 Å². The molecular formula is C21H23NO4. The molecule has 0 saturated carbocycles. The van der Waals surface area contributed by atoms with E-state index in [1.807, 2.05) is 30.3 Å². The van der Waals surface area contributed by atoms with Gasteiger partial charge in [0.05, 0.1) is 13.2 Å². The fraction of sp³-hybridized carbons (Fsp3) is 0.286. The van der Waals surface area contributed by atoms with Crippen molar-refractivity contribution in [3.8, 4) is 11.5 Å². The van der Waals surface area contributed by atoms with Gasteiger partial charge in [0.25, 0.3) is 5.91 Å². The van der Waals surface area contributed by atoms with Crippen LogP contribution in [-0.2, 0) is 4.79 Å². The fourth-order valence-electron chi connectivity index (χ4n) is 3.34. The minimum atomic E-state index is -0.425. The third-order valence-corrected chi connectivity index (χ3v) is 4.66. The Bertz CT molecular complexity index is 829. The second-order valence-electron chi connectivity index (χ2n) is 6.31. The number of aliphatic hydroxyl groups is 1. The summed E-state index contributed by atoms with van der Waals surface area (Å²) >= 11 is 0. The van der Waals surface area contributed by atoms with Crippen molar-refractivity contribution < 1.29 is 19.7 Å². The zero-order valence-electron chi connectivity index (χ0n) is 15.0. The molecule has 2 aromatic carbocycles. The molecule has 1 unspecified atom stereocenters. The SMILES string of the molecule is CCCCN1C(=O)C(O)=C(c2ccccc2)C1c1ccc(O)c(OC)c1. The number of amides is 1. The van der Waals surface area contributed by atoms with E-state index in [1.165, 1.54) is 7.11 Å². The van der Waals surface area contributed by atoms with E-state index < -0.39 is 6.04 Å². The van der Waals surface area contributed by atoms with E-state index in [-0.39, 0.29) is 17.4 Å². The summed E-state index contributed by atoms with van der Waals surface area (Å²) in [6.07, 6.45) is 1.78. The highest BCUT2D eigenvalue weighted by molar-refractivity contribution is 6.05. The number of hydrogen-bond acceptors (Lipinski definition) is 4. The second-order valence-corrected chi connectivity index (χ2v) is 6.31. The third kappa shape index (κ3) is 3.12. The van der Waals surface area contributed by atoms with Gasteiger partial charge in [-0.3, -0.25) is 4.79 Å². The number of nitrogens with zero attached hydrogens (tertiary/aromatic N) is 1. The van der Waals surface area contributed by atoms with Gasteiger partial charge in [0.2, 0.25) is 0 Å². The smallest absolute Gasteiger partial charge is 0.289 e. The number of unbranched alkanes of at least 4 members (excludes halogenated alkanes) is 1. The number of hydrogen-bond donors (Lipinski definition) is 2. The largest absolute Gasteiger partial charge is 0.504 e. The Morgan fingerprint density at radius 1 is 1.12 bits per heavy atom. The van der Waals surface area contributed by atoms with Crippen LogP contribution in [0.15, 0.2) is 54.3 Å². The lowest BCUT2D eigenvalue weighted by Gasteiger charge is -2.27. The lowest BCUT2D eigenvalue weighted by molar-refractivity contribution is -0.129. The van der Waals surface area contributed by atoms with Gasteiger partial charge in [-0.2, -0.15) is 0 Å². The molecule has 1 atom stereocenters. The lowest BCUT2D eigenvalue weighted by Crippen LogP contribution is -2.31.